The number of hydrogen-bond acceptors (Lipinski definition) is 2. The van der Waals surface area contributed by atoms with Crippen molar-refractivity contribution in [1.29, 1.82) is 0 Å². The summed E-state index contributed by atoms with van der Waals surface area (Å²) >= 11 is 0. The zero-order valence-corrected chi connectivity index (χ0v) is 11.4. The monoisotopic (exact) mass is 249 g/mol. The minimum Gasteiger partial charge on any atom is -0.478 e. The summed E-state index contributed by atoms with van der Waals surface area (Å²) in [7, 11) is 0. The van der Waals surface area contributed by atoms with E-state index in [1.54, 1.807) is 12.1 Å². The Balaban J connectivity index is 2.53. The minimum absolute atomic E-state index is 0.296. The molecule has 0 aliphatic carbocycles. The number of hydrogen-bond donors (Lipinski definition) is 2. The van der Waals surface area contributed by atoms with E-state index in [1.807, 2.05) is 12.1 Å². The number of carbonyl (C=O) groups is 1. The van der Waals surface area contributed by atoms with Crippen molar-refractivity contribution < 1.29 is 9.90 Å². The van der Waals surface area contributed by atoms with Crippen LogP contribution >= 0.6 is 0 Å². The molecule has 1 aromatic rings. The Hall–Kier alpha value is -1.51. The van der Waals surface area contributed by atoms with Gasteiger partial charge in [-0.05, 0) is 31.4 Å². The molecule has 0 bridgehead atoms. The van der Waals surface area contributed by atoms with Gasteiger partial charge in [0.1, 0.15) is 0 Å². The molecular formula is C15H23NO2. The number of carboxylic acids is 1. The molecule has 3 heteroatoms. The predicted molar refractivity (Wildman–Crippen MR) is 75.2 cm³/mol. The fraction of sp³-hybridized carbons (Fsp3) is 0.533. The van der Waals surface area contributed by atoms with Crippen molar-refractivity contribution in [2.45, 2.75) is 46.1 Å². The molecular weight excluding hydrogens is 226 g/mol. The lowest BCUT2D eigenvalue weighted by Crippen LogP contribution is -2.17. The molecule has 0 spiro atoms. The number of benzene rings is 1. The lowest BCUT2D eigenvalue weighted by Gasteiger charge is -2.17. The van der Waals surface area contributed by atoms with Gasteiger partial charge in [0.25, 0.3) is 0 Å². The van der Waals surface area contributed by atoms with Crippen molar-refractivity contribution in [2.75, 3.05) is 5.32 Å². The van der Waals surface area contributed by atoms with Crippen LogP contribution in [0.1, 0.15) is 50.4 Å². The summed E-state index contributed by atoms with van der Waals surface area (Å²) < 4.78 is 0. The molecule has 0 heterocycles. The van der Waals surface area contributed by atoms with Crippen molar-refractivity contribution in [1.82, 2.24) is 0 Å². The molecule has 100 valence electrons. The highest BCUT2D eigenvalue weighted by Gasteiger charge is 2.10. The first-order valence-corrected chi connectivity index (χ1v) is 6.59. The van der Waals surface area contributed by atoms with Crippen LogP contribution in [0.2, 0.25) is 0 Å². The van der Waals surface area contributed by atoms with Gasteiger partial charge in [-0.1, -0.05) is 38.8 Å². The van der Waals surface area contributed by atoms with E-state index in [2.05, 4.69) is 26.1 Å². The lowest BCUT2D eigenvalue weighted by atomic mass is 10.0. The standard InChI is InChI=1S/C15H23NO2/c1-11(2)7-6-8-12(3)16-14-10-5-4-9-13(14)15(17)18/h4-5,9-12,16H,6-8H2,1-3H3,(H,17,18). The number of carboxylic acid groups (broad SMARTS) is 1. The number of aromatic carboxylic acids is 1. The Labute approximate surface area is 109 Å². The molecule has 1 rings (SSSR count). The van der Waals surface area contributed by atoms with Gasteiger partial charge in [-0.25, -0.2) is 4.79 Å². The molecule has 1 aromatic carbocycles. The van der Waals surface area contributed by atoms with Crippen LogP contribution in [0.15, 0.2) is 24.3 Å². The third-order valence-corrected chi connectivity index (χ3v) is 2.98. The molecule has 1 atom stereocenters. The van der Waals surface area contributed by atoms with Gasteiger partial charge in [0, 0.05) is 11.7 Å². The molecule has 1 unspecified atom stereocenters. The molecule has 18 heavy (non-hydrogen) atoms. The quantitative estimate of drug-likeness (QED) is 0.767. The second-order valence-electron chi connectivity index (χ2n) is 5.22. The van der Waals surface area contributed by atoms with E-state index in [9.17, 15) is 4.79 Å². The van der Waals surface area contributed by atoms with Gasteiger partial charge in [-0.15, -0.1) is 0 Å². The molecule has 0 fully saturated rings. The molecule has 0 saturated heterocycles. The van der Waals surface area contributed by atoms with Crippen LogP contribution in [0, 0.1) is 5.92 Å². The molecule has 0 saturated carbocycles. The van der Waals surface area contributed by atoms with Gasteiger partial charge < -0.3 is 10.4 Å². The van der Waals surface area contributed by atoms with E-state index < -0.39 is 5.97 Å². The van der Waals surface area contributed by atoms with Crippen LogP contribution in [0.5, 0.6) is 0 Å². The molecule has 0 aromatic heterocycles. The zero-order valence-electron chi connectivity index (χ0n) is 11.4. The zero-order chi connectivity index (χ0) is 13.5. The first-order chi connectivity index (χ1) is 8.50. The van der Waals surface area contributed by atoms with Crippen LogP contribution < -0.4 is 5.32 Å². The summed E-state index contributed by atoms with van der Waals surface area (Å²) in [6.07, 6.45) is 3.44. The Kier molecular flexibility index (Phi) is 5.69. The third-order valence-electron chi connectivity index (χ3n) is 2.98. The molecule has 3 nitrogen and oxygen atoms in total. The van der Waals surface area contributed by atoms with Gasteiger partial charge in [0.15, 0.2) is 0 Å². The van der Waals surface area contributed by atoms with E-state index in [0.29, 0.717) is 17.3 Å². The van der Waals surface area contributed by atoms with Gasteiger partial charge in [-0.3, -0.25) is 0 Å². The fourth-order valence-electron chi connectivity index (χ4n) is 1.97. The van der Waals surface area contributed by atoms with E-state index in [-0.39, 0.29) is 0 Å². The van der Waals surface area contributed by atoms with Crippen molar-refractivity contribution in [2.24, 2.45) is 5.92 Å². The van der Waals surface area contributed by atoms with Crippen molar-refractivity contribution >= 4 is 11.7 Å². The first-order valence-electron chi connectivity index (χ1n) is 6.59. The summed E-state index contributed by atoms with van der Waals surface area (Å²) in [6.45, 7) is 6.54. The Morgan fingerprint density at radius 2 is 1.89 bits per heavy atom. The second-order valence-corrected chi connectivity index (χ2v) is 5.22. The highest BCUT2D eigenvalue weighted by molar-refractivity contribution is 5.94. The third kappa shape index (κ3) is 4.78. The maximum atomic E-state index is 11.1. The second kappa shape index (κ2) is 7.04. The summed E-state index contributed by atoms with van der Waals surface area (Å²) in [6, 6.07) is 7.35. The van der Waals surface area contributed by atoms with E-state index in [1.165, 1.54) is 12.8 Å². The first kappa shape index (κ1) is 14.6. The normalized spacial score (nSPS) is 12.4. The van der Waals surface area contributed by atoms with Crippen LogP contribution in [0.25, 0.3) is 0 Å². The smallest absolute Gasteiger partial charge is 0.337 e. The van der Waals surface area contributed by atoms with Gasteiger partial charge in [0.2, 0.25) is 0 Å². The Morgan fingerprint density at radius 1 is 1.22 bits per heavy atom. The summed E-state index contributed by atoms with van der Waals surface area (Å²) in [4.78, 5) is 11.1. The lowest BCUT2D eigenvalue weighted by molar-refractivity contribution is 0.0698. The van der Waals surface area contributed by atoms with E-state index in [0.717, 1.165) is 12.3 Å². The van der Waals surface area contributed by atoms with Gasteiger partial charge in [0.05, 0.1) is 5.56 Å². The van der Waals surface area contributed by atoms with Crippen molar-refractivity contribution in [3.8, 4) is 0 Å². The summed E-state index contributed by atoms with van der Waals surface area (Å²) in [5.41, 5.74) is 1.05. The van der Waals surface area contributed by atoms with Gasteiger partial charge >= 0.3 is 5.97 Å². The topological polar surface area (TPSA) is 49.3 Å². The van der Waals surface area contributed by atoms with Crippen molar-refractivity contribution in [3.05, 3.63) is 29.8 Å². The fourth-order valence-corrected chi connectivity index (χ4v) is 1.97. The van der Waals surface area contributed by atoms with E-state index in [4.69, 9.17) is 5.11 Å². The summed E-state index contributed by atoms with van der Waals surface area (Å²) in [5.74, 6) is -0.156. The van der Waals surface area contributed by atoms with Gasteiger partial charge in [-0.2, -0.15) is 0 Å². The molecule has 0 aliphatic rings. The highest BCUT2D eigenvalue weighted by Crippen LogP contribution is 2.18. The molecule has 0 aliphatic heterocycles. The number of nitrogens with one attached hydrogen (secondary N) is 1. The van der Waals surface area contributed by atoms with Crippen molar-refractivity contribution in [3.63, 3.8) is 0 Å². The van der Waals surface area contributed by atoms with Crippen LogP contribution in [-0.2, 0) is 0 Å². The Bertz CT molecular complexity index is 388. The SMILES string of the molecule is CC(C)CCCC(C)Nc1ccccc1C(=O)O. The average molecular weight is 249 g/mol. The van der Waals surface area contributed by atoms with Crippen LogP contribution in [0.4, 0.5) is 5.69 Å². The predicted octanol–water partition coefficient (Wildman–Crippen LogP) is 4.01. The molecule has 2 N–H and O–H groups in total. The minimum atomic E-state index is -0.882. The largest absolute Gasteiger partial charge is 0.478 e. The maximum absolute atomic E-state index is 11.1. The number of para-hydroxylation sites is 1. The average Bonchev–Trinajstić information content (AvgIpc) is 2.28. The molecule has 0 amide bonds. The number of anilines is 1. The molecule has 0 radical (unpaired) electrons. The van der Waals surface area contributed by atoms with E-state index >= 15 is 0 Å². The Morgan fingerprint density at radius 3 is 2.50 bits per heavy atom. The number of rotatable bonds is 7. The highest BCUT2D eigenvalue weighted by atomic mass is 16.4. The van der Waals surface area contributed by atoms with Crippen LogP contribution in [-0.4, -0.2) is 17.1 Å². The summed E-state index contributed by atoms with van der Waals surface area (Å²) in [5, 5.41) is 12.4. The van der Waals surface area contributed by atoms with Crippen LogP contribution in [0.3, 0.4) is 0 Å². The maximum Gasteiger partial charge on any atom is 0.337 e.